The summed E-state index contributed by atoms with van der Waals surface area (Å²) in [4.78, 5) is 12.3. The fraction of sp³-hybridized carbons (Fsp3) is 0.150. The monoisotopic (exact) mass is 384 g/mol. The van der Waals surface area contributed by atoms with E-state index in [0.29, 0.717) is 0 Å². The molecule has 142 valence electrons. The smallest absolute Gasteiger partial charge is 0.348 e. The molecule has 0 aliphatic heterocycles. The Hall–Kier alpha value is -3.42. The highest BCUT2D eigenvalue weighted by Gasteiger charge is 2.31. The van der Waals surface area contributed by atoms with E-state index in [-0.39, 0.29) is 30.3 Å². The number of hydrogen-bond acceptors (Lipinski definition) is 3. The second-order valence-electron chi connectivity index (χ2n) is 6.39. The number of amides is 1. The largest absolute Gasteiger partial charge is 0.417 e. The van der Waals surface area contributed by atoms with E-state index in [1.807, 2.05) is 42.5 Å². The Kier molecular flexibility index (Phi) is 4.46. The third kappa shape index (κ3) is 3.66. The van der Waals surface area contributed by atoms with Crippen LogP contribution >= 0.6 is 0 Å². The SMILES string of the molecule is O=C(Cc1ccc2ccccc2c1)NCc1nnc2ccc(C(F)(F)F)cn12. The second kappa shape index (κ2) is 6.95. The molecule has 0 saturated heterocycles. The van der Waals surface area contributed by atoms with Gasteiger partial charge in [-0.3, -0.25) is 9.20 Å². The molecule has 0 spiro atoms. The lowest BCUT2D eigenvalue weighted by atomic mass is 10.1. The summed E-state index contributed by atoms with van der Waals surface area (Å²) in [5.74, 6) is -0.0213. The Morgan fingerprint density at radius 3 is 2.57 bits per heavy atom. The Bertz CT molecular complexity index is 1170. The molecule has 1 N–H and O–H groups in total. The highest BCUT2D eigenvalue weighted by Crippen LogP contribution is 2.29. The molecule has 4 aromatic rings. The van der Waals surface area contributed by atoms with E-state index in [2.05, 4.69) is 15.5 Å². The number of aromatic nitrogens is 3. The van der Waals surface area contributed by atoms with Gasteiger partial charge in [-0.15, -0.1) is 10.2 Å². The molecule has 2 aromatic heterocycles. The van der Waals surface area contributed by atoms with E-state index in [1.54, 1.807) is 0 Å². The van der Waals surface area contributed by atoms with Crippen molar-refractivity contribution >= 4 is 22.3 Å². The molecule has 8 heteroatoms. The van der Waals surface area contributed by atoms with Crippen molar-refractivity contribution in [3.8, 4) is 0 Å². The van der Waals surface area contributed by atoms with Crippen LogP contribution in [0.25, 0.3) is 16.4 Å². The summed E-state index contributed by atoms with van der Waals surface area (Å²) >= 11 is 0. The van der Waals surface area contributed by atoms with Gasteiger partial charge in [-0.25, -0.2) is 0 Å². The molecule has 4 rings (SSSR count). The first-order valence-electron chi connectivity index (χ1n) is 8.55. The standard InChI is InChI=1S/C20H15F3N4O/c21-20(22,23)16-7-8-17-25-26-18(27(17)12-16)11-24-19(28)10-13-5-6-14-3-1-2-4-15(14)9-13/h1-9,12H,10-11H2,(H,24,28). The van der Waals surface area contributed by atoms with Crippen LogP contribution in [0.1, 0.15) is 17.0 Å². The molecule has 0 aliphatic carbocycles. The van der Waals surface area contributed by atoms with Crippen molar-refractivity contribution in [1.29, 1.82) is 0 Å². The minimum atomic E-state index is -4.46. The molecule has 0 bridgehead atoms. The summed E-state index contributed by atoms with van der Waals surface area (Å²) in [6.07, 6.45) is -3.37. The number of rotatable bonds is 4. The molecule has 0 radical (unpaired) electrons. The first kappa shape index (κ1) is 18.0. The molecule has 5 nitrogen and oxygen atoms in total. The summed E-state index contributed by atoms with van der Waals surface area (Å²) in [5.41, 5.74) is 0.331. The summed E-state index contributed by atoms with van der Waals surface area (Å²) in [7, 11) is 0. The quantitative estimate of drug-likeness (QED) is 0.583. The van der Waals surface area contributed by atoms with Gasteiger partial charge in [-0.05, 0) is 28.5 Å². The lowest BCUT2D eigenvalue weighted by molar-refractivity contribution is -0.137. The van der Waals surface area contributed by atoms with Gasteiger partial charge < -0.3 is 5.32 Å². The van der Waals surface area contributed by atoms with Crippen LogP contribution in [0.15, 0.2) is 60.8 Å². The number of nitrogens with zero attached hydrogens (tertiary/aromatic N) is 3. The molecule has 0 atom stereocenters. The van der Waals surface area contributed by atoms with Crippen molar-refractivity contribution in [2.75, 3.05) is 0 Å². The fourth-order valence-electron chi connectivity index (χ4n) is 3.00. The van der Waals surface area contributed by atoms with Gasteiger partial charge in [-0.2, -0.15) is 13.2 Å². The number of nitrogens with one attached hydrogen (secondary N) is 1. The molecule has 0 fully saturated rings. The van der Waals surface area contributed by atoms with E-state index < -0.39 is 11.7 Å². The number of hydrogen-bond donors (Lipinski definition) is 1. The number of alkyl halides is 3. The van der Waals surface area contributed by atoms with Gasteiger partial charge >= 0.3 is 6.18 Å². The van der Waals surface area contributed by atoms with Crippen LogP contribution in [-0.4, -0.2) is 20.5 Å². The zero-order valence-electron chi connectivity index (χ0n) is 14.6. The van der Waals surface area contributed by atoms with Crippen LogP contribution < -0.4 is 5.32 Å². The minimum absolute atomic E-state index is 0.0190. The second-order valence-corrected chi connectivity index (χ2v) is 6.39. The fourth-order valence-corrected chi connectivity index (χ4v) is 3.00. The van der Waals surface area contributed by atoms with Crippen molar-refractivity contribution in [3.63, 3.8) is 0 Å². The molecule has 0 unspecified atom stereocenters. The number of pyridine rings is 1. The Morgan fingerprint density at radius 2 is 1.79 bits per heavy atom. The van der Waals surface area contributed by atoms with Crippen LogP contribution in [0, 0.1) is 0 Å². The Labute approximate surface area is 157 Å². The van der Waals surface area contributed by atoms with Gasteiger partial charge in [0.05, 0.1) is 18.5 Å². The van der Waals surface area contributed by atoms with E-state index in [0.717, 1.165) is 28.6 Å². The van der Waals surface area contributed by atoms with E-state index in [9.17, 15) is 18.0 Å². The first-order chi connectivity index (χ1) is 13.4. The zero-order valence-corrected chi connectivity index (χ0v) is 14.6. The molecule has 0 saturated carbocycles. The lowest BCUT2D eigenvalue weighted by Gasteiger charge is -2.08. The topological polar surface area (TPSA) is 59.3 Å². The third-order valence-corrected chi connectivity index (χ3v) is 4.42. The molecule has 28 heavy (non-hydrogen) atoms. The van der Waals surface area contributed by atoms with Crippen LogP contribution in [0.3, 0.4) is 0 Å². The number of carbonyl (C=O) groups excluding carboxylic acids is 1. The maximum Gasteiger partial charge on any atom is 0.417 e. The van der Waals surface area contributed by atoms with Gasteiger partial charge in [-0.1, -0.05) is 42.5 Å². The Morgan fingerprint density at radius 1 is 1.00 bits per heavy atom. The minimum Gasteiger partial charge on any atom is -0.348 e. The summed E-state index contributed by atoms with van der Waals surface area (Å²) in [6.45, 7) is -0.0190. The van der Waals surface area contributed by atoms with Crippen molar-refractivity contribution in [1.82, 2.24) is 19.9 Å². The van der Waals surface area contributed by atoms with Gasteiger partial charge in [0.15, 0.2) is 11.5 Å². The highest BCUT2D eigenvalue weighted by atomic mass is 19.4. The van der Waals surface area contributed by atoms with Gasteiger partial charge in [0.2, 0.25) is 5.91 Å². The average molecular weight is 384 g/mol. The van der Waals surface area contributed by atoms with E-state index >= 15 is 0 Å². The molecular weight excluding hydrogens is 369 g/mol. The first-order valence-corrected chi connectivity index (χ1v) is 8.55. The third-order valence-electron chi connectivity index (χ3n) is 4.42. The molecular formula is C20H15F3N4O. The summed E-state index contributed by atoms with van der Waals surface area (Å²) < 4.78 is 39.9. The molecule has 0 aliphatic rings. The van der Waals surface area contributed by atoms with E-state index in [1.165, 1.54) is 10.5 Å². The maximum absolute atomic E-state index is 12.9. The molecule has 2 heterocycles. The predicted molar refractivity (Wildman–Crippen MR) is 97.5 cm³/mol. The van der Waals surface area contributed by atoms with Gasteiger partial charge in [0.25, 0.3) is 0 Å². The summed E-state index contributed by atoms with van der Waals surface area (Å²) in [6, 6.07) is 15.8. The predicted octanol–water partition coefficient (Wildman–Crippen LogP) is 3.76. The number of benzene rings is 2. The number of fused-ring (bicyclic) bond motifs is 2. The van der Waals surface area contributed by atoms with Crippen LogP contribution in [0.4, 0.5) is 13.2 Å². The Balaban J connectivity index is 1.46. The van der Waals surface area contributed by atoms with Crippen molar-refractivity contribution in [2.45, 2.75) is 19.1 Å². The average Bonchev–Trinajstić information content (AvgIpc) is 3.08. The molecule has 2 aromatic carbocycles. The van der Waals surface area contributed by atoms with E-state index in [4.69, 9.17) is 0 Å². The zero-order chi connectivity index (χ0) is 19.7. The van der Waals surface area contributed by atoms with Gasteiger partial charge in [0, 0.05) is 6.20 Å². The number of halogens is 3. The van der Waals surface area contributed by atoms with Crippen molar-refractivity contribution < 1.29 is 18.0 Å². The lowest BCUT2D eigenvalue weighted by Crippen LogP contribution is -2.25. The number of carbonyl (C=O) groups is 1. The van der Waals surface area contributed by atoms with Crippen molar-refractivity contribution in [2.24, 2.45) is 0 Å². The van der Waals surface area contributed by atoms with Gasteiger partial charge in [0.1, 0.15) is 0 Å². The normalized spacial score (nSPS) is 11.8. The van der Waals surface area contributed by atoms with Crippen molar-refractivity contribution in [3.05, 3.63) is 77.7 Å². The summed E-state index contributed by atoms with van der Waals surface area (Å²) in [5, 5.41) is 12.5. The molecule has 1 amide bonds. The van der Waals surface area contributed by atoms with Crippen LogP contribution in [0.2, 0.25) is 0 Å². The van der Waals surface area contributed by atoms with Crippen LogP contribution in [0.5, 0.6) is 0 Å². The van der Waals surface area contributed by atoms with Crippen LogP contribution in [-0.2, 0) is 23.9 Å². The maximum atomic E-state index is 12.9. The highest BCUT2D eigenvalue weighted by molar-refractivity contribution is 5.85.